The Balaban J connectivity index is 0.000000117. The van der Waals surface area contributed by atoms with Gasteiger partial charge in [0.15, 0.2) is 0 Å². The molecule has 4 heterocycles. The van der Waals surface area contributed by atoms with E-state index in [1.54, 1.807) is 6.07 Å². The van der Waals surface area contributed by atoms with Crippen LogP contribution < -0.4 is 5.46 Å². The molecular formula is C72H50BBrN4O2. The molecule has 8 heteroatoms. The highest BCUT2D eigenvalue weighted by Gasteiger charge is 2.22. The summed E-state index contributed by atoms with van der Waals surface area (Å²) in [6.45, 7) is 0. The summed E-state index contributed by atoms with van der Waals surface area (Å²) >= 11 is 3.67. The van der Waals surface area contributed by atoms with Gasteiger partial charge in [-0.15, -0.1) is 0 Å². The number of fused-ring (bicyclic) bond motifs is 12. The second kappa shape index (κ2) is 20.6. The van der Waals surface area contributed by atoms with Crippen LogP contribution in [0.1, 0.15) is 0 Å². The molecule has 0 saturated heterocycles. The molecule has 0 radical (unpaired) electrons. The Hall–Kier alpha value is -9.70. The topological polar surface area (TPSA) is 60.2 Å². The standard InChI is InChI=1S/C36H24N2.C18H14BNO2.C18H12BrN/c1-7-19-31-25(13-1)26-14-2-8-20-32(26)37(31)35-23-11-5-17-29(35)30-18-6-12-24-36(30)38-33-21-9-3-15-27(33)28-16-4-10-22-34(28)38;21-19(22)15-9-3-6-12-18(15)20-16-10-4-1-7-13(16)14-8-2-5-11-17(14)20;19-15-9-3-6-12-18(15)20-16-10-4-1-7-13(16)14-8-2-5-11-17(14)20/h1-24H;1-12,21-22H;1-12H. The molecule has 0 aliphatic carbocycles. The van der Waals surface area contributed by atoms with Crippen LogP contribution >= 0.6 is 15.9 Å². The number of halogens is 1. The van der Waals surface area contributed by atoms with E-state index >= 15 is 0 Å². The lowest BCUT2D eigenvalue weighted by Gasteiger charge is -2.18. The van der Waals surface area contributed by atoms with Crippen LogP contribution in [0, 0.1) is 0 Å². The molecular weight excluding hydrogens is 1040 g/mol. The zero-order valence-corrected chi connectivity index (χ0v) is 44.9. The Kier molecular flexibility index (Phi) is 12.5. The second-order valence-corrected chi connectivity index (χ2v) is 20.8. The SMILES string of the molecule is Brc1ccccc1-n1c2ccccc2c2ccccc21.OB(O)c1ccccc1-n1c2ccccc2c2ccccc21.c1ccc(-n2c3ccccc3c3ccccc32)c(-c2ccccc2-n2c3ccccc3c3ccccc32)c1. The first-order valence-electron chi connectivity index (χ1n) is 26.9. The zero-order valence-electron chi connectivity index (χ0n) is 43.4. The monoisotopic (exact) mass is 1090 g/mol. The van der Waals surface area contributed by atoms with Crippen LogP contribution in [0.25, 0.3) is 121 Å². The van der Waals surface area contributed by atoms with E-state index < -0.39 is 7.12 Å². The van der Waals surface area contributed by atoms with Crippen molar-refractivity contribution in [1.29, 1.82) is 0 Å². The maximum absolute atomic E-state index is 9.69. The van der Waals surface area contributed by atoms with Crippen molar-refractivity contribution in [3.05, 3.63) is 296 Å². The molecule has 0 saturated carbocycles. The van der Waals surface area contributed by atoms with Crippen molar-refractivity contribution >= 4 is 116 Å². The highest BCUT2D eigenvalue weighted by Crippen LogP contribution is 2.41. The number of rotatable bonds is 6. The van der Waals surface area contributed by atoms with Gasteiger partial charge in [-0.05, 0) is 94.8 Å². The van der Waals surface area contributed by atoms with Crippen molar-refractivity contribution < 1.29 is 10.0 Å². The number of benzene rings is 12. The van der Waals surface area contributed by atoms with Gasteiger partial charge in [0.25, 0.3) is 0 Å². The summed E-state index contributed by atoms with van der Waals surface area (Å²) in [6, 6.07) is 102. The summed E-state index contributed by atoms with van der Waals surface area (Å²) in [5.41, 5.74) is 16.7. The molecule has 380 valence electrons. The van der Waals surface area contributed by atoms with Gasteiger partial charge in [-0.1, -0.05) is 212 Å². The third-order valence-corrected chi connectivity index (χ3v) is 16.1. The lowest BCUT2D eigenvalue weighted by molar-refractivity contribution is 0.425. The lowest BCUT2D eigenvalue weighted by atomic mass is 9.79. The fraction of sp³-hybridized carbons (Fsp3) is 0. The van der Waals surface area contributed by atoms with Gasteiger partial charge in [-0.25, -0.2) is 0 Å². The van der Waals surface area contributed by atoms with Gasteiger partial charge in [0.05, 0.1) is 61.2 Å². The molecule has 0 atom stereocenters. The molecule has 0 aliphatic heterocycles. The Morgan fingerprint density at radius 3 is 0.738 bits per heavy atom. The van der Waals surface area contributed by atoms with Crippen molar-refractivity contribution in [2.45, 2.75) is 0 Å². The Morgan fingerprint density at radius 2 is 0.438 bits per heavy atom. The smallest absolute Gasteiger partial charge is 0.423 e. The van der Waals surface area contributed by atoms with E-state index in [4.69, 9.17) is 0 Å². The summed E-state index contributed by atoms with van der Waals surface area (Å²) in [5.74, 6) is 0. The molecule has 0 bridgehead atoms. The van der Waals surface area contributed by atoms with Gasteiger partial charge in [-0.3, -0.25) is 0 Å². The van der Waals surface area contributed by atoms with Gasteiger partial charge in [0.1, 0.15) is 0 Å². The van der Waals surface area contributed by atoms with Crippen molar-refractivity contribution in [2.24, 2.45) is 0 Å². The highest BCUT2D eigenvalue weighted by atomic mass is 79.9. The molecule has 16 rings (SSSR count). The predicted molar refractivity (Wildman–Crippen MR) is 340 cm³/mol. The quantitative estimate of drug-likeness (QED) is 0.163. The number of para-hydroxylation sites is 12. The molecule has 16 aromatic rings. The normalized spacial score (nSPS) is 11.4. The van der Waals surface area contributed by atoms with Gasteiger partial charge < -0.3 is 28.3 Å². The van der Waals surface area contributed by atoms with Crippen LogP contribution in [-0.4, -0.2) is 35.4 Å². The Bertz CT molecular complexity index is 4620. The summed E-state index contributed by atoms with van der Waals surface area (Å²) in [4.78, 5) is 0. The Morgan fingerprint density at radius 1 is 0.225 bits per heavy atom. The first-order chi connectivity index (χ1) is 39.5. The van der Waals surface area contributed by atoms with E-state index in [9.17, 15) is 10.0 Å². The maximum atomic E-state index is 9.69. The predicted octanol–water partition coefficient (Wildman–Crippen LogP) is 17.6. The summed E-state index contributed by atoms with van der Waals surface area (Å²) in [6.07, 6.45) is 0. The number of hydrogen-bond acceptors (Lipinski definition) is 2. The molecule has 0 fully saturated rings. The first-order valence-corrected chi connectivity index (χ1v) is 27.6. The van der Waals surface area contributed by atoms with E-state index in [0.717, 1.165) is 32.0 Å². The van der Waals surface area contributed by atoms with E-state index in [1.807, 2.05) is 48.5 Å². The molecule has 80 heavy (non-hydrogen) atoms. The van der Waals surface area contributed by atoms with Gasteiger partial charge in [0.2, 0.25) is 0 Å². The van der Waals surface area contributed by atoms with Crippen LogP contribution in [0.2, 0.25) is 0 Å². The molecule has 0 amide bonds. The van der Waals surface area contributed by atoms with Crippen LogP contribution in [-0.2, 0) is 0 Å². The fourth-order valence-electron chi connectivity index (χ4n) is 12.1. The summed E-state index contributed by atoms with van der Waals surface area (Å²) < 4.78 is 10.3. The number of aromatic nitrogens is 4. The average molecular weight is 1090 g/mol. The van der Waals surface area contributed by atoms with E-state index in [-0.39, 0.29) is 0 Å². The average Bonchev–Trinajstić information content (AvgIpc) is 4.35. The third-order valence-electron chi connectivity index (χ3n) is 15.4. The number of nitrogens with zero attached hydrogens (tertiary/aromatic N) is 4. The Labute approximate surface area is 470 Å². The van der Waals surface area contributed by atoms with Crippen LogP contribution in [0.4, 0.5) is 0 Å². The first kappa shape index (κ1) is 48.7. The highest BCUT2D eigenvalue weighted by molar-refractivity contribution is 9.10. The fourth-order valence-corrected chi connectivity index (χ4v) is 12.5. The van der Waals surface area contributed by atoms with Crippen LogP contribution in [0.5, 0.6) is 0 Å². The third kappa shape index (κ3) is 8.20. The second-order valence-electron chi connectivity index (χ2n) is 19.9. The minimum Gasteiger partial charge on any atom is -0.423 e. The van der Waals surface area contributed by atoms with E-state index in [1.165, 1.54) is 93.6 Å². The van der Waals surface area contributed by atoms with E-state index in [0.29, 0.717) is 5.46 Å². The van der Waals surface area contributed by atoms with Gasteiger partial charge in [0, 0.05) is 69.8 Å². The van der Waals surface area contributed by atoms with Crippen molar-refractivity contribution in [3.8, 4) is 33.9 Å². The van der Waals surface area contributed by atoms with Crippen LogP contribution in [0.3, 0.4) is 0 Å². The lowest BCUT2D eigenvalue weighted by Crippen LogP contribution is -2.33. The molecule has 2 N–H and O–H groups in total. The van der Waals surface area contributed by atoms with Crippen LogP contribution in [0.15, 0.2) is 296 Å². The molecule has 0 spiro atoms. The molecule has 6 nitrogen and oxygen atoms in total. The van der Waals surface area contributed by atoms with Crippen molar-refractivity contribution in [1.82, 2.24) is 18.3 Å². The maximum Gasteiger partial charge on any atom is 0.490 e. The van der Waals surface area contributed by atoms with Crippen molar-refractivity contribution in [2.75, 3.05) is 0 Å². The number of hydrogen-bond donors (Lipinski definition) is 2. The molecule has 0 unspecified atom stereocenters. The zero-order chi connectivity index (χ0) is 53.7. The molecule has 12 aromatic carbocycles. The largest absolute Gasteiger partial charge is 0.490 e. The van der Waals surface area contributed by atoms with Gasteiger partial charge in [-0.2, -0.15) is 0 Å². The summed E-state index contributed by atoms with van der Waals surface area (Å²) in [5, 5.41) is 29.4. The van der Waals surface area contributed by atoms with Gasteiger partial charge >= 0.3 is 7.12 Å². The molecule has 4 aromatic heterocycles. The summed E-state index contributed by atoms with van der Waals surface area (Å²) in [7, 11) is -1.50. The van der Waals surface area contributed by atoms with Crippen molar-refractivity contribution in [3.63, 3.8) is 0 Å². The minimum absolute atomic E-state index is 0.494. The van der Waals surface area contributed by atoms with E-state index in [2.05, 4.69) is 271 Å². The minimum atomic E-state index is -1.50. The molecule has 0 aliphatic rings.